The molecule has 1 heterocycles. The second-order valence-electron chi connectivity index (χ2n) is 5.93. The van der Waals surface area contributed by atoms with Crippen LogP contribution in [0.25, 0.3) is 0 Å². The van der Waals surface area contributed by atoms with Crippen molar-refractivity contribution in [2.24, 2.45) is 0 Å². The van der Waals surface area contributed by atoms with Gasteiger partial charge in [0.05, 0.1) is 0 Å². The van der Waals surface area contributed by atoms with Crippen molar-refractivity contribution in [1.29, 1.82) is 0 Å². The largest absolute Gasteiger partial charge is 0.340 e. The zero-order valence-electron chi connectivity index (χ0n) is 14.5. The summed E-state index contributed by atoms with van der Waals surface area (Å²) in [4.78, 5) is 51.0. The van der Waals surface area contributed by atoms with Gasteiger partial charge in [0.2, 0.25) is 5.91 Å². The normalized spacial score (nSPS) is 14.4. The van der Waals surface area contributed by atoms with Gasteiger partial charge < -0.3 is 4.90 Å². The van der Waals surface area contributed by atoms with Gasteiger partial charge in [-0.15, -0.1) is 0 Å². The Labute approximate surface area is 155 Å². The number of nitrogens with zero attached hydrogens (tertiary/aromatic N) is 3. The molecule has 1 saturated heterocycles. The molecule has 26 heavy (non-hydrogen) atoms. The zero-order chi connectivity index (χ0) is 19.4. The average molecular weight is 384 g/mol. The first-order valence-corrected chi connectivity index (χ1v) is 8.49. The minimum atomic E-state index is -1.03. The van der Waals surface area contributed by atoms with E-state index in [0.29, 0.717) is 11.3 Å². The van der Waals surface area contributed by atoms with E-state index >= 15 is 0 Å². The van der Waals surface area contributed by atoms with Crippen molar-refractivity contribution < 1.29 is 23.6 Å². The number of unbranched alkanes of at least 4 members (excludes halogenated alkanes) is 1. The molecule has 0 N–H and O–H groups in total. The SMILES string of the molecule is CCCCN1C(=O)C(=O)N(CC(=O)N(C)Cc2c(F)cccc2Cl)C1=O. The molecule has 0 saturated carbocycles. The van der Waals surface area contributed by atoms with Gasteiger partial charge in [0, 0.05) is 30.7 Å². The Hall–Kier alpha value is -2.48. The van der Waals surface area contributed by atoms with Gasteiger partial charge in [0.25, 0.3) is 0 Å². The van der Waals surface area contributed by atoms with Crippen LogP contribution < -0.4 is 0 Å². The number of imide groups is 2. The molecular weight excluding hydrogens is 365 g/mol. The fourth-order valence-corrected chi connectivity index (χ4v) is 2.69. The maximum absolute atomic E-state index is 13.8. The highest BCUT2D eigenvalue weighted by Gasteiger charge is 2.45. The molecule has 0 bridgehead atoms. The number of urea groups is 1. The highest BCUT2D eigenvalue weighted by molar-refractivity contribution is 6.45. The Bertz CT molecular complexity index is 735. The Balaban J connectivity index is 2.05. The third-order valence-electron chi connectivity index (χ3n) is 4.05. The number of hydrogen-bond acceptors (Lipinski definition) is 4. The molecule has 0 aromatic heterocycles. The van der Waals surface area contributed by atoms with Crippen molar-refractivity contribution in [3.63, 3.8) is 0 Å². The lowest BCUT2D eigenvalue weighted by molar-refractivity contribution is -0.144. The van der Waals surface area contributed by atoms with Crippen LogP contribution in [0.5, 0.6) is 0 Å². The standard InChI is InChI=1S/C17H19ClFN3O4/c1-3-4-8-21-15(24)16(25)22(17(21)26)10-14(23)20(2)9-11-12(18)6-5-7-13(11)19/h5-7H,3-4,8-10H2,1-2H3. The average Bonchev–Trinajstić information content (AvgIpc) is 2.80. The van der Waals surface area contributed by atoms with Crippen LogP contribution >= 0.6 is 11.6 Å². The quantitative estimate of drug-likeness (QED) is 0.533. The van der Waals surface area contributed by atoms with Crippen LogP contribution in [-0.2, 0) is 20.9 Å². The molecule has 0 unspecified atom stereocenters. The van der Waals surface area contributed by atoms with E-state index in [-0.39, 0.29) is 23.7 Å². The summed E-state index contributed by atoms with van der Waals surface area (Å²) < 4.78 is 13.8. The van der Waals surface area contributed by atoms with Crippen molar-refractivity contribution in [3.05, 3.63) is 34.6 Å². The summed E-state index contributed by atoms with van der Waals surface area (Å²) in [5.74, 6) is -3.14. The monoisotopic (exact) mass is 383 g/mol. The van der Waals surface area contributed by atoms with Crippen LogP contribution in [-0.4, -0.2) is 58.6 Å². The van der Waals surface area contributed by atoms with Gasteiger partial charge in [-0.1, -0.05) is 31.0 Å². The summed E-state index contributed by atoms with van der Waals surface area (Å²) in [7, 11) is 1.40. The number of carbonyl (C=O) groups is 4. The van der Waals surface area contributed by atoms with Crippen LogP contribution in [0.2, 0.25) is 5.02 Å². The van der Waals surface area contributed by atoms with Crippen LogP contribution in [0.4, 0.5) is 9.18 Å². The van der Waals surface area contributed by atoms with Crippen molar-refractivity contribution >= 4 is 35.4 Å². The summed E-state index contributed by atoms with van der Waals surface area (Å²) in [5, 5.41) is 0.166. The fourth-order valence-electron chi connectivity index (χ4n) is 2.47. The lowest BCUT2D eigenvalue weighted by Crippen LogP contribution is -2.42. The van der Waals surface area contributed by atoms with Crippen molar-refractivity contribution in [1.82, 2.24) is 14.7 Å². The Morgan fingerprint density at radius 1 is 1.19 bits per heavy atom. The number of likely N-dealkylation sites (N-methyl/N-ethyl adjacent to an activating group) is 1. The van der Waals surface area contributed by atoms with Crippen molar-refractivity contribution in [3.8, 4) is 0 Å². The van der Waals surface area contributed by atoms with Gasteiger partial charge in [-0.05, 0) is 18.6 Å². The van der Waals surface area contributed by atoms with Gasteiger partial charge >= 0.3 is 17.8 Å². The smallest absolute Gasteiger partial charge is 0.334 e. The van der Waals surface area contributed by atoms with Gasteiger partial charge in [-0.25, -0.2) is 14.1 Å². The van der Waals surface area contributed by atoms with E-state index in [1.54, 1.807) is 0 Å². The van der Waals surface area contributed by atoms with Gasteiger partial charge in [0.15, 0.2) is 0 Å². The zero-order valence-corrected chi connectivity index (χ0v) is 15.3. The van der Waals surface area contributed by atoms with Gasteiger partial charge in [0.1, 0.15) is 12.4 Å². The first kappa shape index (κ1) is 19.8. The Morgan fingerprint density at radius 2 is 1.85 bits per heavy atom. The van der Waals surface area contributed by atoms with Crippen LogP contribution in [0, 0.1) is 5.82 Å². The molecular formula is C17H19ClFN3O4. The Morgan fingerprint density at radius 3 is 2.46 bits per heavy atom. The molecule has 1 aliphatic rings. The highest BCUT2D eigenvalue weighted by atomic mass is 35.5. The molecule has 0 radical (unpaired) electrons. The van der Waals surface area contributed by atoms with E-state index in [2.05, 4.69) is 0 Å². The second kappa shape index (κ2) is 8.27. The van der Waals surface area contributed by atoms with E-state index in [4.69, 9.17) is 11.6 Å². The third kappa shape index (κ3) is 4.01. The summed E-state index contributed by atoms with van der Waals surface area (Å²) in [5.41, 5.74) is 0.129. The molecule has 9 heteroatoms. The minimum absolute atomic E-state index is 0.129. The van der Waals surface area contributed by atoms with Crippen LogP contribution in [0.3, 0.4) is 0 Å². The predicted octanol–water partition coefficient (Wildman–Crippen LogP) is 2.03. The van der Waals surface area contributed by atoms with E-state index in [1.165, 1.54) is 25.2 Å². The van der Waals surface area contributed by atoms with Crippen LogP contribution in [0.15, 0.2) is 18.2 Å². The number of rotatable bonds is 7. The first-order valence-electron chi connectivity index (χ1n) is 8.12. The molecule has 7 nitrogen and oxygen atoms in total. The molecule has 1 fully saturated rings. The minimum Gasteiger partial charge on any atom is -0.340 e. The molecule has 5 amide bonds. The topological polar surface area (TPSA) is 78.0 Å². The number of amides is 5. The molecule has 2 rings (SSSR count). The Kier molecular flexibility index (Phi) is 6.31. The molecule has 1 aromatic rings. The molecule has 0 atom stereocenters. The number of hydrogen-bond donors (Lipinski definition) is 0. The number of carbonyl (C=O) groups excluding carboxylic acids is 4. The summed E-state index contributed by atoms with van der Waals surface area (Å²) >= 11 is 5.93. The summed E-state index contributed by atoms with van der Waals surface area (Å²) in [6, 6.07) is 3.35. The lowest BCUT2D eigenvalue weighted by atomic mass is 10.2. The van der Waals surface area contributed by atoms with E-state index < -0.39 is 36.1 Å². The third-order valence-corrected chi connectivity index (χ3v) is 4.40. The molecule has 1 aliphatic heterocycles. The predicted molar refractivity (Wildman–Crippen MR) is 91.6 cm³/mol. The van der Waals surface area contributed by atoms with Crippen LogP contribution in [0.1, 0.15) is 25.3 Å². The fraction of sp³-hybridized carbons (Fsp3) is 0.412. The lowest BCUT2D eigenvalue weighted by Gasteiger charge is -2.21. The molecule has 0 spiro atoms. The first-order chi connectivity index (χ1) is 12.3. The van der Waals surface area contributed by atoms with Crippen molar-refractivity contribution in [2.75, 3.05) is 20.1 Å². The summed E-state index contributed by atoms with van der Waals surface area (Å²) in [6.45, 7) is 1.30. The number of halogens is 2. The highest BCUT2D eigenvalue weighted by Crippen LogP contribution is 2.21. The van der Waals surface area contributed by atoms with Crippen molar-refractivity contribution in [2.45, 2.75) is 26.3 Å². The second-order valence-corrected chi connectivity index (χ2v) is 6.34. The van der Waals surface area contributed by atoms with E-state index in [9.17, 15) is 23.6 Å². The summed E-state index contributed by atoms with van der Waals surface area (Å²) in [6.07, 6.45) is 1.31. The number of benzene rings is 1. The maximum atomic E-state index is 13.8. The molecule has 1 aromatic carbocycles. The molecule has 140 valence electrons. The molecule has 0 aliphatic carbocycles. The van der Waals surface area contributed by atoms with E-state index in [1.807, 2.05) is 6.92 Å². The maximum Gasteiger partial charge on any atom is 0.334 e. The van der Waals surface area contributed by atoms with Gasteiger partial charge in [-0.2, -0.15) is 0 Å². The van der Waals surface area contributed by atoms with E-state index in [0.717, 1.165) is 16.2 Å². The van der Waals surface area contributed by atoms with Gasteiger partial charge in [-0.3, -0.25) is 19.3 Å².